The van der Waals surface area contributed by atoms with E-state index in [1.807, 2.05) is 18.5 Å². The molecule has 4 heteroatoms. The van der Waals surface area contributed by atoms with E-state index in [2.05, 4.69) is 21.3 Å². The zero-order chi connectivity index (χ0) is 11.7. The molecular weight excluding hydrogens is 212 g/mol. The van der Waals surface area contributed by atoms with Crippen molar-refractivity contribution in [2.24, 2.45) is 11.1 Å². The zero-order valence-corrected chi connectivity index (χ0v) is 10.1. The molecule has 1 atom stereocenters. The second kappa shape index (κ2) is 4.27. The summed E-state index contributed by atoms with van der Waals surface area (Å²) in [6.45, 7) is 4.26. The van der Waals surface area contributed by atoms with Gasteiger partial charge < -0.3 is 16.0 Å². The van der Waals surface area contributed by atoms with E-state index >= 15 is 0 Å². The molecule has 4 nitrogen and oxygen atoms in total. The molecule has 0 aliphatic carbocycles. The van der Waals surface area contributed by atoms with Crippen LogP contribution in [0, 0.1) is 5.41 Å². The van der Waals surface area contributed by atoms with E-state index in [4.69, 9.17) is 5.73 Å². The normalized spacial score (nSPS) is 27.6. The minimum absolute atomic E-state index is 0.296. The van der Waals surface area contributed by atoms with Crippen LogP contribution < -0.4 is 16.0 Å². The quantitative estimate of drug-likeness (QED) is 0.744. The van der Waals surface area contributed by atoms with E-state index in [-0.39, 0.29) is 0 Å². The van der Waals surface area contributed by atoms with Gasteiger partial charge in [0.2, 0.25) is 0 Å². The van der Waals surface area contributed by atoms with Gasteiger partial charge >= 0.3 is 0 Å². The van der Waals surface area contributed by atoms with Crippen molar-refractivity contribution in [3.63, 3.8) is 0 Å². The Morgan fingerprint density at radius 1 is 1.41 bits per heavy atom. The van der Waals surface area contributed by atoms with Gasteiger partial charge in [0.05, 0.1) is 11.9 Å². The summed E-state index contributed by atoms with van der Waals surface area (Å²) in [5.41, 5.74) is 7.91. The lowest BCUT2D eigenvalue weighted by molar-refractivity contribution is 0.205. The van der Waals surface area contributed by atoms with Crippen molar-refractivity contribution in [3.8, 4) is 0 Å². The first-order valence-corrected chi connectivity index (χ1v) is 6.41. The minimum atomic E-state index is 0.296. The van der Waals surface area contributed by atoms with Gasteiger partial charge in [0.1, 0.15) is 0 Å². The summed E-state index contributed by atoms with van der Waals surface area (Å²) in [5.74, 6) is 0. The van der Waals surface area contributed by atoms with Gasteiger partial charge in [0, 0.05) is 30.7 Å². The van der Waals surface area contributed by atoms with E-state index in [0.29, 0.717) is 11.5 Å². The standard InChI is InChI=1S/C13H20N4/c14-12-9-17(11-2-1-5-16-8-11)10-13(12)3-6-15-7-4-13/h1-2,5,8,12,15H,3-4,6-7,9-10,14H2/t12-/m1/s1. The number of nitrogens with zero attached hydrogens (tertiary/aromatic N) is 2. The van der Waals surface area contributed by atoms with Crippen molar-refractivity contribution in [2.45, 2.75) is 18.9 Å². The molecule has 2 aliphatic heterocycles. The van der Waals surface area contributed by atoms with Gasteiger partial charge in [-0.05, 0) is 38.1 Å². The molecule has 17 heavy (non-hydrogen) atoms. The molecule has 0 amide bonds. The molecule has 0 radical (unpaired) electrons. The van der Waals surface area contributed by atoms with Gasteiger partial charge in [-0.15, -0.1) is 0 Å². The molecule has 1 aromatic heterocycles. The molecule has 0 aromatic carbocycles. The fourth-order valence-corrected chi connectivity index (χ4v) is 3.18. The molecule has 2 saturated heterocycles. The van der Waals surface area contributed by atoms with Crippen LogP contribution >= 0.6 is 0 Å². The number of rotatable bonds is 1. The average Bonchev–Trinajstić information content (AvgIpc) is 2.69. The van der Waals surface area contributed by atoms with Gasteiger partial charge in [-0.25, -0.2) is 0 Å². The van der Waals surface area contributed by atoms with Crippen LogP contribution in [0.3, 0.4) is 0 Å². The van der Waals surface area contributed by atoms with Gasteiger partial charge in [-0.1, -0.05) is 0 Å². The lowest BCUT2D eigenvalue weighted by atomic mass is 9.75. The number of nitrogens with one attached hydrogen (secondary N) is 1. The lowest BCUT2D eigenvalue weighted by Gasteiger charge is -2.36. The Morgan fingerprint density at radius 3 is 2.94 bits per heavy atom. The van der Waals surface area contributed by atoms with Gasteiger partial charge in [-0.2, -0.15) is 0 Å². The number of hydrogen-bond acceptors (Lipinski definition) is 4. The smallest absolute Gasteiger partial charge is 0.0553 e. The SMILES string of the molecule is N[C@@H]1CN(c2cccnc2)CC12CCNCC2. The number of anilines is 1. The third kappa shape index (κ3) is 1.91. The average molecular weight is 232 g/mol. The second-order valence-corrected chi connectivity index (χ2v) is 5.31. The Labute approximate surface area is 102 Å². The van der Waals surface area contributed by atoms with E-state index in [1.165, 1.54) is 18.5 Å². The molecule has 92 valence electrons. The van der Waals surface area contributed by atoms with Crippen molar-refractivity contribution in [1.82, 2.24) is 10.3 Å². The van der Waals surface area contributed by atoms with Crippen LogP contribution in [0.4, 0.5) is 5.69 Å². The number of aromatic nitrogens is 1. The predicted molar refractivity (Wildman–Crippen MR) is 69.0 cm³/mol. The van der Waals surface area contributed by atoms with E-state index in [1.54, 1.807) is 0 Å². The van der Waals surface area contributed by atoms with Crippen molar-refractivity contribution < 1.29 is 0 Å². The topological polar surface area (TPSA) is 54.2 Å². The summed E-state index contributed by atoms with van der Waals surface area (Å²) >= 11 is 0. The predicted octanol–water partition coefficient (Wildman–Crippen LogP) is 0.599. The molecule has 3 heterocycles. The third-order valence-electron chi connectivity index (χ3n) is 4.32. The Balaban J connectivity index is 1.79. The number of nitrogens with two attached hydrogens (primary N) is 1. The fraction of sp³-hybridized carbons (Fsp3) is 0.615. The molecule has 0 unspecified atom stereocenters. The van der Waals surface area contributed by atoms with Crippen molar-refractivity contribution in [2.75, 3.05) is 31.1 Å². The van der Waals surface area contributed by atoms with Gasteiger partial charge in [-0.3, -0.25) is 4.98 Å². The molecular formula is C13H20N4. The molecule has 0 saturated carbocycles. The summed E-state index contributed by atoms with van der Waals surface area (Å²) in [5, 5.41) is 3.42. The largest absolute Gasteiger partial charge is 0.368 e. The fourth-order valence-electron chi connectivity index (χ4n) is 3.18. The molecule has 0 bridgehead atoms. The Kier molecular flexibility index (Phi) is 2.76. The first-order valence-electron chi connectivity index (χ1n) is 6.41. The molecule has 1 spiro atoms. The van der Waals surface area contributed by atoms with E-state index < -0.39 is 0 Å². The summed E-state index contributed by atoms with van der Waals surface area (Å²) in [7, 11) is 0. The first kappa shape index (κ1) is 11.0. The van der Waals surface area contributed by atoms with Crippen LogP contribution in [0.15, 0.2) is 24.5 Å². The second-order valence-electron chi connectivity index (χ2n) is 5.31. The number of pyridine rings is 1. The summed E-state index contributed by atoms with van der Waals surface area (Å²) in [4.78, 5) is 6.58. The number of piperidine rings is 1. The van der Waals surface area contributed by atoms with Crippen molar-refractivity contribution in [1.29, 1.82) is 0 Å². The maximum atomic E-state index is 6.38. The monoisotopic (exact) mass is 232 g/mol. The molecule has 3 rings (SSSR count). The summed E-state index contributed by atoms with van der Waals surface area (Å²) in [6.07, 6.45) is 6.16. The lowest BCUT2D eigenvalue weighted by Crippen LogP contribution is -2.47. The van der Waals surface area contributed by atoms with Crippen LogP contribution in [0.25, 0.3) is 0 Å². The highest BCUT2D eigenvalue weighted by atomic mass is 15.2. The van der Waals surface area contributed by atoms with Crippen molar-refractivity contribution in [3.05, 3.63) is 24.5 Å². The van der Waals surface area contributed by atoms with Crippen LogP contribution in [0.5, 0.6) is 0 Å². The van der Waals surface area contributed by atoms with Crippen LogP contribution in [-0.2, 0) is 0 Å². The molecule has 2 fully saturated rings. The van der Waals surface area contributed by atoms with Crippen LogP contribution in [0.2, 0.25) is 0 Å². The molecule has 2 aliphatic rings. The number of hydrogen-bond donors (Lipinski definition) is 2. The Bertz CT molecular complexity index is 372. The minimum Gasteiger partial charge on any atom is -0.368 e. The highest BCUT2D eigenvalue weighted by molar-refractivity contribution is 5.46. The Morgan fingerprint density at radius 2 is 2.24 bits per heavy atom. The highest BCUT2D eigenvalue weighted by Gasteiger charge is 2.45. The van der Waals surface area contributed by atoms with Crippen molar-refractivity contribution >= 4 is 5.69 Å². The maximum Gasteiger partial charge on any atom is 0.0553 e. The summed E-state index contributed by atoms with van der Waals surface area (Å²) < 4.78 is 0. The van der Waals surface area contributed by atoms with E-state index in [9.17, 15) is 0 Å². The zero-order valence-electron chi connectivity index (χ0n) is 10.1. The molecule has 1 aromatic rings. The third-order valence-corrected chi connectivity index (χ3v) is 4.32. The first-order chi connectivity index (χ1) is 8.30. The van der Waals surface area contributed by atoms with Gasteiger partial charge in [0.15, 0.2) is 0 Å². The van der Waals surface area contributed by atoms with Crippen LogP contribution in [0.1, 0.15) is 12.8 Å². The van der Waals surface area contributed by atoms with Gasteiger partial charge in [0.25, 0.3) is 0 Å². The summed E-state index contributed by atoms with van der Waals surface area (Å²) in [6, 6.07) is 4.42. The van der Waals surface area contributed by atoms with Crippen LogP contribution in [-0.4, -0.2) is 37.2 Å². The Hall–Kier alpha value is -1.13. The highest BCUT2D eigenvalue weighted by Crippen LogP contribution is 2.39. The maximum absolute atomic E-state index is 6.38. The molecule has 3 N–H and O–H groups in total. The van der Waals surface area contributed by atoms with E-state index in [0.717, 1.165) is 26.2 Å².